The summed E-state index contributed by atoms with van der Waals surface area (Å²) >= 11 is 0. The van der Waals surface area contributed by atoms with Crippen molar-refractivity contribution in [1.82, 2.24) is 0 Å². The summed E-state index contributed by atoms with van der Waals surface area (Å²) in [4.78, 5) is 38.4. The van der Waals surface area contributed by atoms with Crippen LogP contribution in [-0.2, 0) is 0 Å². The fraction of sp³-hybridized carbons (Fsp3) is 0.0455. The quantitative estimate of drug-likeness (QED) is 0.453. The molecule has 5 nitrogen and oxygen atoms in total. The number of Topliss-reactive ketones (excluding diaryl/α,β-unsaturated/α-hetero) is 1. The molecular weight excluding hydrogens is 344 g/mol. The molecule has 0 radical (unpaired) electrons. The van der Waals surface area contributed by atoms with Crippen LogP contribution < -0.4 is 0 Å². The number of hydrogen-bond acceptors (Lipinski definition) is 5. The van der Waals surface area contributed by atoms with Crippen LogP contribution in [0.2, 0.25) is 0 Å². The van der Waals surface area contributed by atoms with E-state index in [0.29, 0.717) is 10.8 Å². The average molecular weight is 356 g/mol. The van der Waals surface area contributed by atoms with E-state index in [0.717, 1.165) is 0 Å². The van der Waals surface area contributed by atoms with Crippen molar-refractivity contribution in [2.75, 3.05) is 0 Å². The number of fused-ring (bicyclic) bond motifs is 6. The van der Waals surface area contributed by atoms with E-state index in [4.69, 9.17) is 4.42 Å². The molecule has 27 heavy (non-hydrogen) atoms. The minimum absolute atomic E-state index is 0.00534. The summed E-state index contributed by atoms with van der Waals surface area (Å²) in [6.07, 6.45) is 0. The first-order valence-corrected chi connectivity index (χ1v) is 8.40. The number of phenolic OH excluding ortho intramolecular Hbond substituents is 1. The zero-order valence-electron chi connectivity index (χ0n) is 14.2. The van der Waals surface area contributed by atoms with Gasteiger partial charge in [-0.1, -0.05) is 48.5 Å². The second-order valence-electron chi connectivity index (χ2n) is 6.54. The van der Waals surface area contributed by atoms with Gasteiger partial charge in [-0.05, 0) is 6.92 Å². The normalized spacial score (nSPS) is 13.1. The third-order valence-electron chi connectivity index (χ3n) is 5.02. The SMILES string of the molecule is CC(=O)c1c(O)c2ccccc2c2oc3c(c12)C(=O)c1ccccc1C3=O. The van der Waals surface area contributed by atoms with Crippen molar-refractivity contribution in [2.24, 2.45) is 0 Å². The summed E-state index contributed by atoms with van der Waals surface area (Å²) < 4.78 is 5.86. The van der Waals surface area contributed by atoms with Gasteiger partial charge >= 0.3 is 0 Å². The van der Waals surface area contributed by atoms with E-state index in [1.54, 1.807) is 48.5 Å². The van der Waals surface area contributed by atoms with Crippen LogP contribution in [0.3, 0.4) is 0 Å². The van der Waals surface area contributed by atoms with Gasteiger partial charge in [0.05, 0.1) is 11.1 Å². The van der Waals surface area contributed by atoms with Gasteiger partial charge in [-0.25, -0.2) is 0 Å². The van der Waals surface area contributed by atoms with Crippen LogP contribution >= 0.6 is 0 Å². The Balaban J connectivity index is 2.04. The molecule has 0 bridgehead atoms. The summed E-state index contributed by atoms with van der Waals surface area (Å²) in [5.41, 5.74) is 0.828. The standard InChI is InChI=1S/C22H12O5/c1-10(23)15-16-17-19(25)11-6-2-3-7-12(11)20(26)22(17)27-21(16)14-9-5-4-8-13(14)18(15)24/h2-9,24H,1H3. The highest BCUT2D eigenvalue weighted by atomic mass is 16.3. The summed E-state index contributed by atoms with van der Waals surface area (Å²) in [5, 5.41) is 11.9. The van der Waals surface area contributed by atoms with E-state index in [1.165, 1.54) is 6.92 Å². The molecule has 130 valence electrons. The number of phenols is 1. The summed E-state index contributed by atoms with van der Waals surface area (Å²) in [5.74, 6) is -1.52. The van der Waals surface area contributed by atoms with Crippen LogP contribution in [0.25, 0.3) is 21.7 Å². The number of carbonyl (C=O) groups is 3. The van der Waals surface area contributed by atoms with Crippen LogP contribution in [0.15, 0.2) is 52.9 Å². The van der Waals surface area contributed by atoms with E-state index in [-0.39, 0.29) is 44.7 Å². The Morgan fingerprint density at radius 1 is 0.889 bits per heavy atom. The molecule has 1 N–H and O–H groups in total. The minimum atomic E-state index is -0.411. The molecule has 0 aliphatic heterocycles. The van der Waals surface area contributed by atoms with E-state index in [2.05, 4.69) is 0 Å². The number of hydrogen-bond donors (Lipinski definition) is 1. The maximum atomic E-state index is 13.1. The van der Waals surface area contributed by atoms with Crippen molar-refractivity contribution in [2.45, 2.75) is 6.92 Å². The summed E-state index contributed by atoms with van der Waals surface area (Å²) in [6, 6.07) is 13.4. The van der Waals surface area contributed by atoms with Gasteiger partial charge in [0.1, 0.15) is 11.3 Å². The maximum absolute atomic E-state index is 13.1. The molecule has 0 saturated heterocycles. The second-order valence-corrected chi connectivity index (χ2v) is 6.54. The topological polar surface area (TPSA) is 84.6 Å². The van der Waals surface area contributed by atoms with Crippen molar-refractivity contribution < 1.29 is 23.9 Å². The lowest BCUT2D eigenvalue weighted by atomic mass is 9.85. The molecular formula is C22H12O5. The number of aromatic hydroxyl groups is 1. The molecule has 0 spiro atoms. The number of carbonyl (C=O) groups excluding carboxylic acids is 3. The molecule has 1 aliphatic rings. The molecule has 1 heterocycles. The van der Waals surface area contributed by atoms with E-state index in [9.17, 15) is 19.5 Å². The molecule has 5 heteroatoms. The van der Waals surface area contributed by atoms with Gasteiger partial charge in [-0.15, -0.1) is 0 Å². The maximum Gasteiger partial charge on any atom is 0.229 e. The first-order valence-electron chi connectivity index (χ1n) is 8.40. The highest BCUT2D eigenvalue weighted by Crippen LogP contribution is 2.44. The molecule has 0 saturated carbocycles. The Morgan fingerprint density at radius 3 is 2.15 bits per heavy atom. The largest absolute Gasteiger partial charge is 0.507 e. The number of furan rings is 1. The van der Waals surface area contributed by atoms with Crippen LogP contribution in [0.5, 0.6) is 5.75 Å². The van der Waals surface area contributed by atoms with Crippen LogP contribution in [0, 0.1) is 0 Å². The fourth-order valence-corrected chi connectivity index (χ4v) is 3.86. The first-order chi connectivity index (χ1) is 13.0. The van der Waals surface area contributed by atoms with Crippen molar-refractivity contribution >= 4 is 39.1 Å². The van der Waals surface area contributed by atoms with Crippen molar-refractivity contribution in [3.05, 3.63) is 76.5 Å². The summed E-state index contributed by atoms with van der Waals surface area (Å²) in [7, 11) is 0. The van der Waals surface area contributed by atoms with Gasteiger partial charge in [0.2, 0.25) is 5.78 Å². The van der Waals surface area contributed by atoms with Gasteiger partial charge in [0.15, 0.2) is 17.3 Å². The van der Waals surface area contributed by atoms with Gasteiger partial charge in [0, 0.05) is 27.3 Å². The molecule has 0 atom stereocenters. The molecule has 0 amide bonds. The van der Waals surface area contributed by atoms with Crippen molar-refractivity contribution in [3.8, 4) is 5.75 Å². The third-order valence-corrected chi connectivity index (χ3v) is 5.02. The molecule has 4 aromatic rings. The van der Waals surface area contributed by atoms with Crippen LogP contribution in [-0.4, -0.2) is 22.5 Å². The number of benzene rings is 3. The lowest BCUT2D eigenvalue weighted by Crippen LogP contribution is -2.19. The molecule has 0 fully saturated rings. The first kappa shape index (κ1) is 15.5. The lowest BCUT2D eigenvalue weighted by molar-refractivity contribution is 0.0962. The minimum Gasteiger partial charge on any atom is -0.507 e. The van der Waals surface area contributed by atoms with E-state index < -0.39 is 17.3 Å². The van der Waals surface area contributed by atoms with E-state index >= 15 is 0 Å². The Labute approximate surface area is 152 Å². The Morgan fingerprint density at radius 2 is 1.48 bits per heavy atom. The zero-order valence-corrected chi connectivity index (χ0v) is 14.2. The highest BCUT2D eigenvalue weighted by molar-refractivity contribution is 6.35. The molecule has 5 rings (SSSR count). The highest BCUT2D eigenvalue weighted by Gasteiger charge is 2.37. The number of ketones is 3. The van der Waals surface area contributed by atoms with Crippen LogP contribution in [0.1, 0.15) is 49.3 Å². The number of rotatable bonds is 1. The van der Waals surface area contributed by atoms with Gasteiger partial charge in [0.25, 0.3) is 0 Å². The Hall–Kier alpha value is -3.73. The van der Waals surface area contributed by atoms with Crippen LogP contribution in [0.4, 0.5) is 0 Å². The second kappa shape index (κ2) is 5.14. The monoisotopic (exact) mass is 356 g/mol. The lowest BCUT2D eigenvalue weighted by Gasteiger charge is -2.13. The smallest absolute Gasteiger partial charge is 0.229 e. The van der Waals surface area contributed by atoms with Crippen molar-refractivity contribution in [1.29, 1.82) is 0 Å². The molecule has 1 aliphatic carbocycles. The predicted octanol–water partition coefficient (Wildman–Crippen LogP) is 4.27. The summed E-state index contributed by atoms with van der Waals surface area (Å²) in [6.45, 7) is 1.31. The molecule has 0 unspecified atom stereocenters. The average Bonchev–Trinajstić information content (AvgIpc) is 3.07. The Bertz CT molecular complexity index is 1340. The Kier molecular flexibility index (Phi) is 2.95. The predicted molar refractivity (Wildman–Crippen MR) is 98.7 cm³/mol. The third kappa shape index (κ3) is 1.85. The van der Waals surface area contributed by atoms with E-state index in [1.807, 2.05) is 0 Å². The van der Waals surface area contributed by atoms with Gasteiger partial charge in [-0.2, -0.15) is 0 Å². The van der Waals surface area contributed by atoms with Gasteiger partial charge < -0.3 is 9.52 Å². The molecule has 3 aromatic carbocycles. The zero-order chi connectivity index (χ0) is 18.9. The van der Waals surface area contributed by atoms with Gasteiger partial charge in [-0.3, -0.25) is 14.4 Å². The fourth-order valence-electron chi connectivity index (χ4n) is 3.86. The molecule has 1 aromatic heterocycles. The van der Waals surface area contributed by atoms with Crippen molar-refractivity contribution in [3.63, 3.8) is 0 Å².